The molecule has 0 radical (unpaired) electrons. The van der Waals surface area contributed by atoms with Crippen molar-refractivity contribution in [2.75, 3.05) is 7.11 Å². The highest BCUT2D eigenvalue weighted by Gasteiger charge is 2.14. The van der Waals surface area contributed by atoms with E-state index >= 15 is 0 Å². The maximum absolute atomic E-state index is 10.9. The number of ether oxygens (including phenoxy) is 1. The van der Waals surface area contributed by atoms with E-state index in [1.54, 1.807) is 6.92 Å². The number of aryl methyl sites for hydroxylation is 1. The number of methoxy groups -OCH3 is 1. The maximum Gasteiger partial charge on any atom is 0.360 e. The number of carbonyl (C=O) groups excluding carboxylic acids is 1. The Hall–Kier alpha value is -1.23. The molecule has 0 atom stereocenters. The second-order valence-corrected chi connectivity index (χ2v) is 2.35. The number of esters is 1. The van der Waals surface area contributed by atoms with Crippen molar-refractivity contribution in [1.82, 2.24) is 15.2 Å². The fourth-order valence-corrected chi connectivity index (χ4v) is 0.778. The summed E-state index contributed by atoms with van der Waals surface area (Å²) in [5.74, 6) is -0.238. The van der Waals surface area contributed by atoms with Gasteiger partial charge in [-0.15, -0.1) is 10.2 Å². The van der Waals surface area contributed by atoms with Gasteiger partial charge in [-0.3, -0.25) is 0 Å². The maximum atomic E-state index is 10.9. The first-order valence-electron chi connectivity index (χ1n) is 3.10. The molecular formula is C6H6ClN3O2. The normalized spacial score (nSPS) is 9.58. The fourth-order valence-electron chi connectivity index (χ4n) is 0.620. The van der Waals surface area contributed by atoms with Crippen molar-refractivity contribution in [2.24, 2.45) is 0 Å². The van der Waals surface area contributed by atoms with Crippen molar-refractivity contribution in [3.63, 3.8) is 0 Å². The zero-order valence-corrected chi connectivity index (χ0v) is 7.29. The molecule has 0 saturated heterocycles. The van der Waals surface area contributed by atoms with Crippen LogP contribution in [0.1, 0.15) is 16.3 Å². The highest BCUT2D eigenvalue weighted by Crippen LogP contribution is 2.09. The molecule has 0 aliphatic rings. The van der Waals surface area contributed by atoms with E-state index in [1.165, 1.54) is 7.11 Å². The predicted octanol–water partition coefficient (Wildman–Crippen LogP) is 0.620. The van der Waals surface area contributed by atoms with Crippen LogP contribution in [-0.4, -0.2) is 28.3 Å². The Morgan fingerprint density at radius 1 is 1.50 bits per heavy atom. The van der Waals surface area contributed by atoms with Crippen molar-refractivity contribution in [1.29, 1.82) is 0 Å². The highest BCUT2D eigenvalue weighted by molar-refractivity contribution is 6.31. The molecule has 64 valence electrons. The summed E-state index contributed by atoms with van der Waals surface area (Å²) in [5.41, 5.74) is -0.00772. The van der Waals surface area contributed by atoms with E-state index in [0.29, 0.717) is 5.82 Å². The van der Waals surface area contributed by atoms with Crippen molar-refractivity contribution in [3.8, 4) is 0 Å². The summed E-state index contributed by atoms with van der Waals surface area (Å²) in [7, 11) is 1.25. The third-order valence-corrected chi connectivity index (χ3v) is 1.38. The van der Waals surface area contributed by atoms with E-state index in [1.807, 2.05) is 0 Å². The number of hydrogen-bond donors (Lipinski definition) is 0. The van der Waals surface area contributed by atoms with Crippen LogP contribution in [0.3, 0.4) is 0 Å². The van der Waals surface area contributed by atoms with Crippen molar-refractivity contribution in [2.45, 2.75) is 6.92 Å². The van der Waals surface area contributed by atoms with Gasteiger partial charge in [0.2, 0.25) is 0 Å². The molecule has 0 amide bonds. The minimum Gasteiger partial charge on any atom is -0.464 e. The zero-order chi connectivity index (χ0) is 9.14. The summed E-state index contributed by atoms with van der Waals surface area (Å²) >= 11 is 5.53. The van der Waals surface area contributed by atoms with Crippen LogP contribution < -0.4 is 0 Å². The average molecular weight is 188 g/mol. The molecule has 0 aliphatic carbocycles. The summed E-state index contributed by atoms with van der Waals surface area (Å²) in [5, 5.41) is 7.01. The molecule has 0 unspecified atom stereocenters. The van der Waals surface area contributed by atoms with Crippen LogP contribution in [0.25, 0.3) is 0 Å². The Morgan fingerprint density at radius 2 is 2.17 bits per heavy atom. The molecule has 5 nitrogen and oxygen atoms in total. The van der Waals surface area contributed by atoms with Crippen molar-refractivity contribution < 1.29 is 9.53 Å². The van der Waals surface area contributed by atoms with Gasteiger partial charge in [-0.1, -0.05) is 11.6 Å². The van der Waals surface area contributed by atoms with Crippen LogP contribution in [0, 0.1) is 6.92 Å². The quantitative estimate of drug-likeness (QED) is 0.603. The van der Waals surface area contributed by atoms with Gasteiger partial charge in [-0.05, 0) is 6.92 Å². The minimum absolute atomic E-state index is 0.00772. The van der Waals surface area contributed by atoms with Gasteiger partial charge < -0.3 is 4.74 Å². The standard InChI is InChI=1S/C6H6ClN3O2/c1-3-8-4(6(11)12-2)5(7)10-9-3/h1-2H3. The van der Waals surface area contributed by atoms with E-state index in [2.05, 4.69) is 19.9 Å². The van der Waals surface area contributed by atoms with Gasteiger partial charge in [0, 0.05) is 0 Å². The van der Waals surface area contributed by atoms with Crippen LogP contribution in [-0.2, 0) is 4.74 Å². The molecular weight excluding hydrogens is 182 g/mol. The molecule has 0 aromatic carbocycles. The van der Waals surface area contributed by atoms with Crippen molar-refractivity contribution in [3.05, 3.63) is 16.7 Å². The summed E-state index contributed by atoms with van der Waals surface area (Å²) in [6.07, 6.45) is 0. The predicted molar refractivity (Wildman–Crippen MR) is 40.9 cm³/mol. The molecule has 0 N–H and O–H groups in total. The Kier molecular flexibility index (Phi) is 2.54. The molecule has 0 saturated carbocycles. The van der Waals surface area contributed by atoms with Crippen LogP contribution >= 0.6 is 11.6 Å². The van der Waals surface area contributed by atoms with E-state index in [4.69, 9.17) is 11.6 Å². The number of nitrogens with zero attached hydrogens (tertiary/aromatic N) is 3. The number of aromatic nitrogens is 3. The molecule has 1 heterocycles. The van der Waals surface area contributed by atoms with Gasteiger partial charge in [-0.2, -0.15) is 0 Å². The van der Waals surface area contributed by atoms with E-state index in [9.17, 15) is 4.79 Å². The van der Waals surface area contributed by atoms with E-state index in [-0.39, 0.29) is 10.8 Å². The Bertz CT molecular complexity index is 316. The minimum atomic E-state index is -0.613. The summed E-state index contributed by atoms with van der Waals surface area (Å²) in [4.78, 5) is 14.7. The molecule has 1 rings (SSSR count). The Balaban J connectivity index is 3.13. The molecule has 0 spiro atoms. The smallest absolute Gasteiger partial charge is 0.360 e. The summed E-state index contributed by atoms with van der Waals surface area (Å²) in [6, 6.07) is 0. The third-order valence-electron chi connectivity index (χ3n) is 1.13. The Labute approximate surface area is 73.7 Å². The molecule has 6 heteroatoms. The SMILES string of the molecule is COC(=O)c1nc(C)nnc1Cl. The monoisotopic (exact) mass is 187 g/mol. The lowest BCUT2D eigenvalue weighted by Gasteiger charge is -1.99. The van der Waals surface area contributed by atoms with Gasteiger partial charge in [0.05, 0.1) is 7.11 Å². The van der Waals surface area contributed by atoms with Gasteiger partial charge in [0.25, 0.3) is 0 Å². The first-order chi connectivity index (χ1) is 5.65. The molecule has 1 aromatic heterocycles. The topological polar surface area (TPSA) is 65.0 Å². The second kappa shape index (κ2) is 3.44. The molecule has 12 heavy (non-hydrogen) atoms. The highest BCUT2D eigenvalue weighted by atomic mass is 35.5. The molecule has 0 bridgehead atoms. The summed E-state index contributed by atoms with van der Waals surface area (Å²) in [6.45, 7) is 1.61. The van der Waals surface area contributed by atoms with Gasteiger partial charge in [0.1, 0.15) is 5.82 Å². The van der Waals surface area contributed by atoms with Crippen LogP contribution in [0.15, 0.2) is 0 Å². The second-order valence-electron chi connectivity index (χ2n) is 1.99. The van der Waals surface area contributed by atoms with Crippen LogP contribution in [0.4, 0.5) is 0 Å². The number of rotatable bonds is 1. The van der Waals surface area contributed by atoms with Crippen molar-refractivity contribution >= 4 is 17.6 Å². The van der Waals surface area contributed by atoms with E-state index < -0.39 is 5.97 Å². The lowest BCUT2D eigenvalue weighted by Crippen LogP contribution is -2.08. The van der Waals surface area contributed by atoms with Crippen LogP contribution in [0.5, 0.6) is 0 Å². The van der Waals surface area contributed by atoms with Gasteiger partial charge in [0.15, 0.2) is 10.8 Å². The molecule has 0 aliphatic heterocycles. The first-order valence-corrected chi connectivity index (χ1v) is 3.48. The first kappa shape index (κ1) is 8.86. The number of carbonyl (C=O) groups is 1. The van der Waals surface area contributed by atoms with Gasteiger partial charge >= 0.3 is 5.97 Å². The Morgan fingerprint density at radius 3 is 2.75 bits per heavy atom. The lowest BCUT2D eigenvalue weighted by atomic mass is 10.4. The number of hydrogen-bond acceptors (Lipinski definition) is 5. The molecule has 1 aromatic rings. The van der Waals surface area contributed by atoms with Gasteiger partial charge in [-0.25, -0.2) is 9.78 Å². The van der Waals surface area contributed by atoms with Crippen LogP contribution in [0.2, 0.25) is 5.15 Å². The fraction of sp³-hybridized carbons (Fsp3) is 0.333. The largest absolute Gasteiger partial charge is 0.464 e. The zero-order valence-electron chi connectivity index (χ0n) is 6.54. The summed E-state index contributed by atoms with van der Waals surface area (Å²) < 4.78 is 4.42. The third kappa shape index (κ3) is 1.68. The molecule has 0 fully saturated rings. The lowest BCUT2D eigenvalue weighted by molar-refractivity contribution is 0.0593. The van der Waals surface area contributed by atoms with E-state index in [0.717, 1.165) is 0 Å². The number of halogens is 1. The average Bonchev–Trinajstić information content (AvgIpc) is 2.08.